The van der Waals surface area contributed by atoms with Crippen LogP contribution in [0.5, 0.6) is 0 Å². The monoisotopic (exact) mass is 345 g/mol. The summed E-state index contributed by atoms with van der Waals surface area (Å²) in [6.45, 7) is 6.62. The van der Waals surface area contributed by atoms with Gasteiger partial charge in [0.15, 0.2) is 0 Å². The molecular weight excluding hydrogens is 314 g/mol. The Morgan fingerprint density at radius 3 is 2.48 bits per heavy atom. The minimum Gasteiger partial charge on any atom is -0.381 e. The summed E-state index contributed by atoms with van der Waals surface area (Å²) in [5.41, 5.74) is 0. The maximum absolute atomic E-state index is 12.5. The molecule has 23 heavy (non-hydrogen) atoms. The third-order valence-corrected chi connectivity index (χ3v) is 7.63. The molecule has 0 unspecified atom stereocenters. The van der Waals surface area contributed by atoms with Crippen molar-refractivity contribution in [2.75, 3.05) is 65.3 Å². The largest absolute Gasteiger partial charge is 0.381 e. The Bertz CT molecular complexity index is 471. The summed E-state index contributed by atoms with van der Waals surface area (Å²) in [6.07, 6.45) is 4.79. The normalized spacial score (nSPS) is 32.4. The summed E-state index contributed by atoms with van der Waals surface area (Å²) >= 11 is 0. The lowest BCUT2D eigenvalue weighted by atomic mass is 10.0. The van der Waals surface area contributed by atoms with Crippen LogP contribution in [0.1, 0.15) is 25.7 Å². The van der Waals surface area contributed by atoms with Crippen LogP contribution in [0, 0.1) is 5.92 Å². The fourth-order valence-electron chi connectivity index (χ4n) is 3.98. The van der Waals surface area contributed by atoms with Gasteiger partial charge >= 0.3 is 0 Å². The summed E-state index contributed by atoms with van der Waals surface area (Å²) in [5.74, 6) is 0.451. The van der Waals surface area contributed by atoms with Gasteiger partial charge in [0.2, 0.25) is 10.0 Å². The maximum Gasteiger partial charge on any atom is 0.214 e. The van der Waals surface area contributed by atoms with Gasteiger partial charge in [-0.25, -0.2) is 8.42 Å². The van der Waals surface area contributed by atoms with Crippen LogP contribution in [0.4, 0.5) is 0 Å². The number of hydrogen-bond acceptors (Lipinski definition) is 5. The molecule has 3 heterocycles. The molecule has 0 aliphatic carbocycles. The molecule has 0 aromatic heterocycles. The molecule has 0 aromatic carbocycles. The fraction of sp³-hybridized carbons (Fsp3) is 1.00. The fourth-order valence-corrected chi connectivity index (χ4v) is 5.77. The topological polar surface area (TPSA) is 53.1 Å². The van der Waals surface area contributed by atoms with Gasteiger partial charge in [-0.15, -0.1) is 0 Å². The molecule has 6 nitrogen and oxygen atoms in total. The first-order chi connectivity index (χ1) is 11.0. The van der Waals surface area contributed by atoms with Gasteiger partial charge in [-0.3, -0.25) is 4.90 Å². The Balaban J connectivity index is 1.45. The van der Waals surface area contributed by atoms with Crippen LogP contribution in [0.25, 0.3) is 0 Å². The van der Waals surface area contributed by atoms with E-state index in [0.717, 1.165) is 26.1 Å². The molecule has 7 heteroatoms. The van der Waals surface area contributed by atoms with E-state index in [0.29, 0.717) is 32.3 Å². The third kappa shape index (κ3) is 4.66. The highest BCUT2D eigenvalue weighted by molar-refractivity contribution is 7.89. The zero-order valence-corrected chi connectivity index (χ0v) is 15.1. The van der Waals surface area contributed by atoms with Crippen LogP contribution in [0.15, 0.2) is 0 Å². The smallest absolute Gasteiger partial charge is 0.214 e. The first-order valence-corrected chi connectivity index (χ1v) is 10.6. The van der Waals surface area contributed by atoms with E-state index in [1.165, 1.54) is 25.8 Å². The van der Waals surface area contributed by atoms with E-state index >= 15 is 0 Å². The van der Waals surface area contributed by atoms with Crippen molar-refractivity contribution in [3.05, 3.63) is 0 Å². The SMILES string of the molecule is CN1CCCC[C@@H]1CN1CCN(S(=O)(=O)C[C@H]2CCOC2)CC1. The molecule has 134 valence electrons. The lowest BCUT2D eigenvalue weighted by Gasteiger charge is -2.40. The van der Waals surface area contributed by atoms with Gasteiger partial charge in [-0.1, -0.05) is 6.42 Å². The van der Waals surface area contributed by atoms with Crippen molar-refractivity contribution >= 4 is 10.0 Å². The zero-order chi connectivity index (χ0) is 16.3. The van der Waals surface area contributed by atoms with Crippen molar-refractivity contribution in [2.24, 2.45) is 5.92 Å². The Morgan fingerprint density at radius 1 is 1.04 bits per heavy atom. The number of sulfonamides is 1. The van der Waals surface area contributed by atoms with Gasteiger partial charge in [0.25, 0.3) is 0 Å². The highest BCUT2D eigenvalue weighted by atomic mass is 32.2. The highest BCUT2D eigenvalue weighted by Crippen LogP contribution is 2.20. The second-order valence-electron chi connectivity index (χ2n) is 7.34. The van der Waals surface area contributed by atoms with Crippen molar-refractivity contribution in [1.29, 1.82) is 0 Å². The zero-order valence-electron chi connectivity index (χ0n) is 14.3. The van der Waals surface area contributed by atoms with Crippen LogP contribution in [-0.2, 0) is 14.8 Å². The second-order valence-corrected chi connectivity index (χ2v) is 9.35. The minimum absolute atomic E-state index is 0.189. The molecule has 0 amide bonds. The summed E-state index contributed by atoms with van der Waals surface area (Å²) in [7, 11) is -0.901. The molecule has 0 spiro atoms. The number of nitrogens with zero attached hydrogens (tertiary/aromatic N) is 3. The third-order valence-electron chi connectivity index (χ3n) is 5.59. The number of piperidine rings is 1. The maximum atomic E-state index is 12.5. The van der Waals surface area contributed by atoms with Crippen LogP contribution >= 0.6 is 0 Å². The first kappa shape index (κ1) is 17.6. The lowest BCUT2D eigenvalue weighted by molar-refractivity contribution is 0.106. The number of hydrogen-bond donors (Lipinski definition) is 0. The van der Waals surface area contributed by atoms with E-state index in [2.05, 4.69) is 16.8 Å². The molecule has 3 saturated heterocycles. The van der Waals surface area contributed by atoms with Crippen LogP contribution in [-0.4, -0.2) is 93.8 Å². The average molecular weight is 346 g/mol. The summed E-state index contributed by atoms with van der Waals surface area (Å²) < 4.78 is 32.1. The Kier molecular flexibility index (Phi) is 5.96. The highest BCUT2D eigenvalue weighted by Gasteiger charge is 2.32. The Hall–Kier alpha value is -0.210. The van der Waals surface area contributed by atoms with E-state index in [9.17, 15) is 8.42 Å². The van der Waals surface area contributed by atoms with Crippen molar-refractivity contribution in [1.82, 2.24) is 14.1 Å². The van der Waals surface area contributed by atoms with Gasteiger partial charge in [0.05, 0.1) is 12.4 Å². The predicted octanol–water partition coefficient (Wildman–Crippen LogP) is 0.455. The quantitative estimate of drug-likeness (QED) is 0.724. The van der Waals surface area contributed by atoms with Crippen molar-refractivity contribution in [3.8, 4) is 0 Å². The van der Waals surface area contributed by atoms with Gasteiger partial charge in [0.1, 0.15) is 0 Å². The van der Waals surface area contributed by atoms with Crippen molar-refractivity contribution < 1.29 is 13.2 Å². The first-order valence-electron chi connectivity index (χ1n) is 9.03. The molecule has 3 rings (SSSR count). The molecule has 0 saturated carbocycles. The Morgan fingerprint density at radius 2 is 1.83 bits per heavy atom. The number of likely N-dealkylation sites (tertiary alicyclic amines) is 1. The number of piperazine rings is 1. The van der Waals surface area contributed by atoms with E-state index in [1.54, 1.807) is 4.31 Å². The van der Waals surface area contributed by atoms with Crippen molar-refractivity contribution in [3.63, 3.8) is 0 Å². The van der Waals surface area contributed by atoms with Gasteiger partial charge < -0.3 is 9.64 Å². The van der Waals surface area contributed by atoms with Gasteiger partial charge in [-0.2, -0.15) is 4.31 Å². The molecule has 0 bridgehead atoms. The second kappa shape index (κ2) is 7.78. The molecule has 3 aliphatic heterocycles. The molecule has 0 N–H and O–H groups in total. The van der Waals surface area contributed by atoms with Crippen LogP contribution in [0.2, 0.25) is 0 Å². The van der Waals surface area contributed by atoms with E-state index < -0.39 is 10.0 Å². The lowest BCUT2D eigenvalue weighted by Crippen LogP contribution is -2.53. The molecule has 2 atom stereocenters. The Labute approximate surface area is 140 Å². The minimum atomic E-state index is -3.12. The number of likely N-dealkylation sites (N-methyl/N-ethyl adjacent to an activating group) is 1. The molecule has 0 aromatic rings. The molecule has 0 radical (unpaired) electrons. The van der Waals surface area contributed by atoms with E-state index in [1.807, 2.05) is 0 Å². The molecule has 3 fully saturated rings. The molecule has 3 aliphatic rings. The summed E-state index contributed by atoms with van der Waals surface area (Å²) in [5, 5.41) is 0. The van der Waals surface area contributed by atoms with Crippen LogP contribution in [0.3, 0.4) is 0 Å². The standard InChI is InChI=1S/C16H31N3O3S/c1-17-6-3-2-4-16(17)12-18-7-9-19(10-8-18)23(20,21)14-15-5-11-22-13-15/h15-16H,2-14H2,1H3/t15-,16+/m0/s1. The van der Waals surface area contributed by atoms with Crippen molar-refractivity contribution in [2.45, 2.75) is 31.7 Å². The average Bonchev–Trinajstić information content (AvgIpc) is 3.02. The van der Waals surface area contributed by atoms with Gasteiger partial charge in [-0.05, 0) is 38.8 Å². The van der Waals surface area contributed by atoms with E-state index in [-0.39, 0.29) is 11.7 Å². The van der Waals surface area contributed by atoms with E-state index in [4.69, 9.17) is 4.74 Å². The summed E-state index contributed by atoms with van der Waals surface area (Å²) in [6, 6.07) is 0.641. The number of ether oxygens (including phenoxy) is 1. The van der Waals surface area contributed by atoms with Crippen LogP contribution < -0.4 is 0 Å². The van der Waals surface area contributed by atoms with Gasteiger partial charge in [0, 0.05) is 45.4 Å². The molecular formula is C16H31N3O3S. The number of rotatable bonds is 5. The summed E-state index contributed by atoms with van der Waals surface area (Å²) in [4.78, 5) is 4.91. The predicted molar refractivity (Wildman–Crippen MR) is 91.0 cm³/mol.